The van der Waals surface area contributed by atoms with Crippen molar-refractivity contribution in [2.75, 3.05) is 32.0 Å². The standard InChI is InChI=1S/C25H32N4O2/c1-17(29-13-25(14-29)15-31-16-25)18-7-9-19(10-8-18)20-11-22(23(26)27-12-20)24(30)28-21-5-3-2-4-6-21/h7-12,17,21H,2-6,13-16H2,1H3,(H2,26,27)(H,28,30)/t17-/m0/s1. The van der Waals surface area contributed by atoms with Crippen LogP contribution in [0.4, 0.5) is 5.82 Å². The van der Waals surface area contributed by atoms with Crippen molar-refractivity contribution >= 4 is 11.7 Å². The van der Waals surface area contributed by atoms with Gasteiger partial charge in [0.25, 0.3) is 5.91 Å². The van der Waals surface area contributed by atoms with Gasteiger partial charge in [-0.2, -0.15) is 0 Å². The molecule has 1 saturated carbocycles. The van der Waals surface area contributed by atoms with Crippen molar-refractivity contribution in [3.8, 4) is 11.1 Å². The molecule has 1 aromatic carbocycles. The van der Waals surface area contributed by atoms with Gasteiger partial charge in [-0.25, -0.2) is 4.98 Å². The zero-order valence-electron chi connectivity index (χ0n) is 18.3. The van der Waals surface area contributed by atoms with E-state index in [9.17, 15) is 4.79 Å². The van der Waals surface area contributed by atoms with Crippen LogP contribution in [-0.4, -0.2) is 48.1 Å². The van der Waals surface area contributed by atoms with Gasteiger partial charge in [-0.15, -0.1) is 0 Å². The number of pyridine rings is 1. The lowest BCUT2D eigenvalue weighted by atomic mass is 9.76. The van der Waals surface area contributed by atoms with Crippen molar-refractivity contribution in [1.29, 1.82) is 0 Å². The minimum Gasteiger partial charge on any atom is -0.383 e. The molecule has 6 nitrogen and oxygen atoms in total. The average Bonchev–Trinajstić information content (AvgIpc) is 2.73. The van der Waals surface area contributed by atoms with Crippen molar-refractivity contribution in [1.82, 2.24) is 15.2 Å². The maximum absolute atomic E-state index is 12.8. The van der Waals surface area contributed by atoms with Gasteiger partial charge in [-0.1, -0.05) is 43.5 Å². The first-order chi connectivity index (χ1) is 15.0. The number of hydrogen-bond donors (Lipinski definition) is 2. The molecule has 6 heteroatoms. The average molecular weight is 421 g/mol. The molecule has 1 amide bonds. The first-order valence-electron chi connectivity index (χ1n) is 11.5. The summed E-state index contributed by atoms with van der Waals surface area (Å²) in [5, 5.41) is 3.15. The molecule has 1 spiro atoms. The van der Waals surface area contributed by atoms with E-state index >= 15 is 0 Å². The summed E-state index contributed by atoms with van der Waals surface area (Å²) in [5.41, 5.74) is 10.2. The Bertz CT molecular complexity index is 940. The van der Waals surface area contributed by atoms with Crippen LogP contribution in [0, 0.1) is 5.41 Å². The topological polar surface area (TPSA) is 80.5 Å². The normalized spacial score (nSPS) is 21.8. The summed E-state index contributed by atoms with van der Waals surface area (Å²) in [6.07, 6.45) is 7.45. The van der Waals surface area contributed by atoms with E-state index in [4.69, 9.17) is 10.5 Å². The van der Waals surface area contributed by atoms with E-state index in [2.05, 4.69) is 46.4 Å². The zero-order chi connectivity index (χ0) is 21.4. The summed E-state index contributed by atoms with van der Waals surface area (Å²) in [5.74, 6) is 0.171. The Morgan fingerprint density at radius 3 is 2.52 bits per heavy atom. The highest BCUT2D eigenvalue weighted by molar-refractivity contribution is 5.99. The fourth-order valence-electron chi connectivity index (χ4n) is 5.15. The molecule has 0 radical (unpaired) electrons. The van der Waals surface area contributed by atoms with Gasteiger partial charge in [0.05, 0.1) is 18.8 Å². The van der Waals surface area contributed by atoms with E-state index in [1.54, 1.807) is 6.20 Å². The molecule has 3 heterocycles. The third-order valence-electron chi connectivity index (χ3n) is 7.27. The lowest BCUT2D eigenvalue weighted by molar-refractivity contribution is -0.197. The van der Waals surface area contributed by atoms with Crippen LogP contribution in [-0.2, 0) is 4.74 Å². The van der Waals surface area contributed by atoms with Crippen molar-refractivity contribution in [2.24, 2.45) is 5.41 Å². The van der Waals surface area contributed by atoms with Gasteiger partial charge in [0, 0.05) is 42.3 Å². The molecule has 31 heavy (non-hydrogen) atoms. The van der Waals surface area contributed by atoms with Crippen molar-refractivity contribution in [2.45, 2.75) is 51.1 Å². The number of aromatic nitrogens is 1. The first-order valence-corrected chi connectivity index (χ1v) is 11.5. The summed E-state index contributed by atoms with van der Waals surface area (Å²) < 4.78 is 5.39. The monoisotopic (exact) mass is 420 g/mol. The highest BCUT2D eigenvalue weighted by Gasteiger charge is 2.50. The highest BCUT2D eigenvalue weighted by atomic mass is 16.5. The minimum absolute atomic E-state index is 0.115. The molecule has 3 fully saturated rings. The summed E-state index contributed by atoms with van der Waals surface area (Å²) in [7, 11) is 0. The maximum Gasteiger partial charge on any atom is 0.255 e. The van der Waals surface area contributed by atoms with Crippen LogP contribution < -0.4 is 11.1 Å². The molecule has 3 aliphatic rings. The Labute approximate surface area is 184 Å². The van der Waals surface area contributed by atoms with Crippen LogP contribution in [0.3, 0.4) is 0 Å². The number of carbonyl (C=O) groups excluding carboxylic acids is 1. The molecule has 2 aliphatic heterocycles. The van der Waals surface area contributed by atoms with E-state index < -0.39 is 0 Å². The number of ether oxygens (including phenoxy) is 1. The fourth-order valence-corrected chi connectivity index (χ4v) is 5.15. The highest BCUT2D eigenvalue weighted by Crippen LogP contribution is 2.42. The van der Waals surface area contributed by atoms with Crippen LogP contribution in [0.1, 0.15) is 61.0 Å². The largest absolute Gasteiger partial charge is 0.383 e. The van der Waals surface area contributed by atoms with E-state index in [0.29, 0.717) is 17.0 Å². The quantitative estimate of drug-likeness (QED) is 0.769. The second-order valence-corrected chi connectivity index (χ2v) is 9.66. The minimum atomic E-state index is -0.115. The van der Waals surface area contributed by atoms with Crippen molar-refractivity contribution in [3.05, 3.63) is 47.7 Å². The number of nitrogens with one attached hydrogen (secondary N) is 1. The van der Waals surface area contributed by atoms with E-state index in [-0.39, 0.29) is 17.8 Å². The summed E-state index contributed by atoms with van der Waals surface area (Å²) in [6, 6.07) is 11.1. The Morgan fingerprint density at radius 2 is 1.87 bits per heavy atom. The van der Waals surface area contributed by atoms with Crippen LogP contribution in [0.2, 0.25) is 0 Å². The molecule has 3 N–H and O–H groups in total. The van der Waals surface area contributed by atoms with Crippen LogP contribution in [0.25, 0.3) is 11.1 Å². The lowest BCUT2D eigenvalue weighted by Crippen LogP contribution is -2.66. The molecule has 1 atom stereocenters. The predicted molar refractivity (Wildman–Crippen MR) is 122 cm³/mol. The van der Waals surface area contributed by atoms with Crippen LogP contribution in [0.5, 0.6) is 0 Å². The Morgan fingerprint density at radius 1 is 1.16 bits per heavy atom. The van der Waals surface area contributed by atoms with E-state index in [0.717, 1.165) is 50.3 Å². The molecular formula is C25H32N4O2. The number of amides is 1. The third-order valence-corrected chi connectivity index (χ3v) is 7.27. The summed E-state index contributed by atoms with van der Waals surface area (Å²) >= 11 is 0. The fraction of sp³-hybridized carbons (Fsp3) is 0.520. The van der Waals surface area contributed by atoms with Gasteiger partial charge in [-0.3, -0.25) is 9.69 Å². The lowest BCUT2D eigenvalue weighted by Gasteiger charge is -2.57. The molecule has 2 aromatic rings. The number of nitrogens with zero attached hydrogens (tertiary/aromatic N) is 2. The Balaban J connectivity index is 1.27. The summed E-state index contributed by atoms with van der Waals surface area (Å²) in [4.78, 5) is 19.6. The first kappa shape index (κ1) is 20.5. The molecule has 1 aliphatic carbocycles. The molecule has 0 unspecified atom stereocenters. The van der Waals surface area contributed by atoms with Gasteiger partial charge in [-0.05, 0) is 37.0 Å². The number of carbonyl (C=O) groups is 1. The third kappa shape index (κ3) is 4.06. The molecule has 5 rings (SSSR count). The van der Waals surface area contributed by atoms with Gasteiger partial charge >= 0.3 is 0 Å². The van der Waals surface area contributed by atoms with Gasteiger partial charge in [0.15, 0.2) is 0 Å². The van der Waals surface area contributed by atoms with Crippen LogP contribution in [0.15, 0.2) is 36.5 Å². The van der Waals surface area contributed by atoms with Gasteiger partial charge in [0.2, 0.25) is 0 Å². The maximum atomic E-state index is 12.8. The van der Waals surface area contributed by atoms with Crippen molar-refractivity contribution in [3.63, 3.8) is 0 Å². The predicted octanol–water partition coefficient (Wildman–Crippen LogP) is 3.79. The number of anilines is 1. The number of nitrogens with two attached hydrogens (primary N) is 1. The molecule has 1 aromatic heterocycles. The number of rotatable bonds is 5. The number of benzene rings is 1. The second-order valence-electron chi connectivity index (χ2n) is 9.66. The zero-order valence-corrected chi connectivity index (χ0v) is 18.3. The Kier molecular flexibility index (Phi) is 5.44. The van der Waals surface area contributed by atoms with Gasteiger partial charge in [0.1, 0.15) is 5.82 Å². The number of nitrogen functional groups attached to an aromatic ring is 1. The second kappa shape index (κ2) is 8.24. The van der Waals surface area contributed by atoms with Crippen molar-refractivity contribution < 1.29 is 9.53 Å². The Hall–Kier alpha value is -2.44. The van der Waals surface area contributed by atoms with E-state index in [1.807, 2.05) is 6.07 Å². The molecule has 2 saturated heterocycles. The number of hydrogen-bond acceptors (Lipinski definition) is 5. The summed E-state index contributed by atoms with van der Waals surface area (Å²) in [6.45, 7) is 6.33. The molecular weight excluding hydrogens is 388 g/mol. The SMILES string of the molecule is C[C@@H](c1ccc(-c2cnc(N)c(C(=O)NC3CCCCC3)c2)cc1)N1CC2(COC2)C1. The van der Waals surface area contributed by atoms with Gasteiger partial charge < -0.3 is 15.8 Å². The number of likely N-dealkylation sites (tertiary alicyclic amines) is 1. The molecule has 164 valence electrons. The molecule has 0 bridgehead atoms. The smallest absolute Gasteiger partial charge is 0.255 e. The van der Waals surface area contributed by atoms with E-state index in [1.165, 1.54) is 24.8 Å². The van der Waals surface area contributed by atoms with Crippen LogP contribution >= 0.6 is 0 Å².